The van der Waals surface area contributed by atoms with Gasteiger partial charge in [-0.1, -0.05) is 36.4 Å². The molecule has 0 spiro atoms. The molecule has 3 aromatic rings. The Morgan fingerprint density at radius 2 is 1.62 bits per heavy atom. The minimum atomic E-state index is -0.405. The van der Waals surface area contributed by atoms with Gasteiger partial charge in [0.05, 0.1) is 10.5 Å². The van der Waals surface area contributed by atoms with Crippen molar-refractivity contribution in [2.75, 3.05) is 6.61 Å². The van der Waals surface area contributed by atoms with Crippen molar-refractivity contribution < 1.29 is 14.4 Å². The predicted octanol–water partition coefficient (Wildman–Crippen LogP) is 4.56. The summed E-state index contributed by atoms with van der Waals surface area (Å²) in [5, 5.41) is 13.2. The van der Waals surface area contributed by atoms with Crippen LogP contribution in [0.5, 0.6) is 11.5 Å². The van der Waals surface area contributed by atoms with Gasteiger partial charge >= 0.3 is 0 Å². The number of para-hydroxylation sites is 1. The Kier molecular flexibility index (Phi) is 3.39. The van der Waals surface area contributed by atoms with Gasteiger partial charge in [0.15, 0.2) is 11.5 Å². The number of nitro groups is 1. The maximum Gasteiger partial charge on any atom is 0.276 e. The van der Waals surface area contributed by atoms with Crippen molar-refractivity contribution in [2.24, 2.45) is 0 Å². The van der Waals surface area contributed by atoms with E-state index < -0.39 is 4.92 Å². The largest absolute Gasteiger partial charge is 0.482 e. The number of benzene rings is 3. The second-order valence-corrected chi connectivity index (χ2v) is 5.46. The summed E-state index contributed by atoms with van der Waals surface area (Å²) in [5.74, 6) is 1.82. The monoisotopic (exact) mass is 319 g/mol. The van der Waals surface area contributed by atoms with Crippen LogP contribution in [0.2, 0.25) is 0 Å². The summed E-state index contributed by atoms with van der Waals surface area (Å²) in [6.07, 6.45) is 1.65. The number of ether oxygens (including phenoxy) is 2. The summed E-state index contributed by atoms with van der Waals surface area (Å²) in [7, 11) is 0. The molecule has 3 aromatic carbocycles. The van der Waals surface area contributed by atoms with E-state index in [1.165, 1.54) is 6.07 Å². The van der Waals surface area contributed by atoms with Crippen molar-refractivity contribution in [1.29, 1.82) is 0 Å². The zero-order valence-electron chi connectivity index (χ0n) is 12.6. The normalized spacial score (nSPS) is 14.8. The summed E-state index contributed by atoms with van der Waals surface area (Å²) in [4.78, 5) is 10.7. The van der Waals surface area contributed by atoms with E-state index in [0.29, 0.717) is 22.8 Å². The molecular weight excluding hydrogens is 306 g/mol. The standard InChI is InChI=1S/C19H13NO4/c21-20(22)17-8-4-3-7-15(17)9-16-12-23-18-10-13-5-1-2-6-14(13)11-19(18)24-16/h1-11H,12H2/b16-9+. The van der Waals surface area contributed by atoms with Crippen LogP contribution in [0.25, 0.3) is 16.8 Å². The highest BCUT2D eigenvalue weighted by atomic mass is 16.6. The van der Waals surface area contributed by atoms with Gasteiger partial charge in [-0.3, -0.25) is 10.1 Å². The average Bonchev–Trinajstić information content (AvgIpc) is 2.60. The summed E-state index contributed by atoms with van der Waals surface area (Å²) < 4.78 is 11.6. The molecule has 0 fully saturated rings. The smallest absolute Gasteiger partial charge is 0.276 e. The molecule has 0 amide bonds. The van der Waals surface area contributed by atoms with Crippen molar-refractivity contribution in [2.45, 2.75) is 0 Å². The molecular formula is C19H13NO4. The Morgan fingerprint density at radius 1 is 0.958 bits per heavy atom. The number of fused-ring (bicyclic) bond motifs is 2. The first kappa shape index (κ1) is 14.3. The molecule has 118 valence electrons. The van der Waals surface area contributed by atoms with Crippen LogP contribution in [0.3, 0.4) is 0 Å². The number of nitro benzene ring substituents is 1. The van der Waals surface area contributed by atoms with E-state index in [9.17, 15) is 10.1 Å². The van der Waals surface area contributed by atoms with Crippen LogP contribution < -0.4 is 9.47 Å². The second kappa shape index (κ2) is 5.70. The van der Waals surface area contributed by atoms with E-state index >= 15 is 0 Å². The summed E-state index contributed by atoms with van der Waals surface area (Å²) >= 11 is 0. The quantitative estimate of drug-likeness (QED) is 0.513. The molecule has 1 aliphatic rings. The lowest BCUT2D eigenvalue weighted by Crippen LogP contribution is -2.13. The molecule has 1 heterocycles. The topological polar surface area (TPSA) is 61.6 Å². The predicted molar refractivity (Wildman–Crippen MR) is 91.1 cm³/mol. The van der Waals surface area contributed by atoms with Crippen molar-refractivity contribution >= 4 is 22.5 Å². The Balaban J connectivity index is 1.71. The van der Waals surface area contributed by atoms with Gasteiger partial charge in [-0.25, -0.2) is 0 Å². The maximum atomic E-state index is 11.1. The molecule has 5 heteroatoms. The van der Waals surface area contributed by atoms with Crippen molar-refractivity contribution in [3.63, 3.8) is 0 Å². The minimum Gasteiger partial charge on any atom is -0.482 e. The van der Waals surface area contributed by atoms with Crippen LogP contribution in [0.15, 0.2) is 66.4 Å². The Hall–Kier alpha value is -3.34. The van der Waals surface area contributed by atoms with Crippen molar-refractivity contribution in [3.8, 4) is 11.5 Å². The van der Waals surface area contributed by atoms with Crippen LogP contribution in [0.4, 0.5) is 5.69 Å². The fraction of sp³-hybridized carbons (Fsp3) is 0.0526. The fourth-order valence-electron chi connectivity index (χ4n) is 2.73. The van der Waals surface area contributed by atoms with Crippen LogP contribution in [0.1, 0.15) is 5.56 Å². The molecule has 0 bridgehead atoms. The third-order valence-electron chi connectivity index (χ3n) is 3.87. The average molecular weight is 319 g/mol. The molecule has 0 saturated carbocycles. The van der Waals surface area contributed by atoms with E-state index in [0.717, 1.165) is 10.8 Å². The van der Waals surface area contributed by atoms with Crippen molar-refractivity contribution in [3.05, 3.63) is 82.1 Å². The minimum absolute atomic E-state index is 0.0397. The van der Waals surface area contributed by atoms with Gasteiger partial charge < -0.3 is 9.47 Å². The molecule has 0 atom stereocenters. The van der Waals surface area contributed by atoms with E-state index in [1.54, 1.807) is 24.3 Å². The number of nitrogens with zero attached hydrogens (tertiary/aromatic N) is 1. The molecule has 0 N–H and O–H groups in total. The highest BCUT2D eigenvalue weighted by Gasteiger charge is 2.18. The second-order valence-electron chi connectivity index (χ2n) is 5.46. The van der Waals surface area contributed by atoms with Gasteiger partial charge in [0, 0.05) is 6.07 Å². The maximum absolute atomic E-state index is 11.1. The highest BCUT2D eigenvalue weighted by Crippen LogP contribution is 2.37. The molecule has 0 radical (unpaired) electrons. The Bertz CT molecular complexity index is 978. The van der Waals surface area contributed by atoms with Crippen molar-refractivity contribution in [1.82, 2.24) is 0 Å². The third-order valence-corrected chi connectivity index (χ3v) is 3.87. The van der Waals surface area contributed by atoms with E-state index in [4.69, 9.17) is 9.47 Å². The molecule has 0 unspecified atom stereocenters. The van der Waals surface area contributed by atoms with Gasteiger partial charge in [-0.05, 0) is 35.0 Å². The first-order valence-corrected chi connectivity index (χ1v) is 7.48. The molecule has 1 aliphatic heterocycles. The lowest BCUT2D eigenvalue weighted by atomic mass is 10.1. The molecule has 0 saturated heterocycles. The molecule has 0 aliphatic carbocycles. The van der Waals surface area contributed by atoms with Gasteiger partial charge in [0.25, 0.3) is 5.69 Å². The summed E-state index contributed by atoms with van der Waals surface area (Å²) in [6, 6.07) is 18.3. The molecule has 5 nitrogen and oxygen atoms in total. The van der Waals surface area contributed by atoms with Gasteiger partial charge in [0.1, 0.15) is 12.4 Å². The number of hydrogen-bond donors (Lipinski definition) is 0. The number of rotatable bonds is 2. The molecule has 4 rings (SSSR count). The Labute approximate surface area is 137 Å². The SMILES string of the molecule is O=[N+]([O-])c1ccccc1/C=C1\COc2cc3ccccc3cc2O1. The Morgan fingerprint density at radius 3 is 2.38 bits per heavy atom. The van der Waals surface area contributed by atoms with Gasteiger partial charge in [-0.2, -0.15) is 0 Å². The molecule has 24 heavy (non-hydrogen) atoms. The first-order chi connectivity index (χ1) is 11.7. The van der Waals surface area contributed by atoms with Crippen LogP contribution in [-0.2, 0) is 0 Å². The summed E-state index contributed by atoms with van der Waals surface area (Å²) in [6.45, 7) is 0.234. The summed E-state index contributed by atoms with van der Waals surface area (Å²) in [5.41, 5.74) is 0.531. The third kappa shape index (κ3) is 2.56. The zero-order chi connectivity index (χ0) is 16.5. The van der Waals surface area contributed by atoms with Crippen LogP contribution in [-0.4, -0.2) is 11.5 Å². The van der Waals surface area contributed by atoms with E-state index in [2.05, 4.69) is 0 Å². The fourth-order valence-corrected chi connectivity index (χ4v) is 2.73. The van der Waals surface area contributed by atoms with E-state index in [-0.39, 0.29) is 12.3 Å². The lowest BCUT2D eigenvalue weighted by molar-refractivity contribution is -0.385. The van der Waals surface area contributed by atoms with Crippen LogP contribution >= 0.6 is 0 Å². The van der Waals surface area contributed by atoms with Gasteiger partial charge in [-0.15, -0.1) is 0 Å². The van der Waals surface area contributed by atoms with Crippen LogP contribution in [0, 0.1) is 10.1 Å². The zero-order valence-corrected chi connectivity index (χ0v) is 12.6. The van der Waals surface area contributed by atoms with E-state index in [1.807, 2.05) is 36.4 Å². The number of hydrogen-bond acceptors (Lipinski definition) is 4. The molecule has 0 aromatic heterocycles. The van der Waals surface area contributed by atoms with Gasteiger partial charge in [0.2, 0.25) is 0 Å². The lowest BCUT2D eigenvalue weighted by Gasteiger charge is -2.21. The first-order valence-electron chi connectivity index (χ1n) is 7.48. The highest BCUT2D eigenvalue weighted by molar-refractivity contribution is 5.86.